The van der Waals surface area contributed by atoms with Gasteiger partial charge >= 0.3 is 0 Å². The zero-order valence-electron chi connectivity index (χ0n) is 17.7. The fourth-order valence-electron chi connectivity index (χ4n) is 3.25. The van der Waals surface area contributed by atoms with Crippen LogP contribution in [0.15, 0.2) is 71.9 Å². The molecule has 0 atom stereocenters. The van der Waals surface area contributed by atoms with Crippen LogP contribution in [0, 0.1) is 0 Å². The summed E-state index contributed by atoms with van der Waals surface area (Å²) in [5.74, 6) is 1.90. The van der Waals surface area contributed by atoms with Crippen molar-refractivity contribution in [2.24, 2.45) is 7.05 Å². The lowest BCUT2D eigenvalue weighted by atomic mass is 10.2. The standard InChI is InChI=1S/C23H24N6OS/c1-16(2)22-25-26-23(28(22)3)31-15-21(30)24-20-14-19(17-10-6-4-7-11-17)27-29(20)18-12-8-5-9-13-18/h4-14,16H,15H2,1-3H3,(H,24,30). The number of aromatic nitrogens is 5. The van der Waals surface area contributed by atoms with Gasteiger partial charge in [0, 0.05) is 24.6 Å². The van der Waals surface area contributed by atoms with Crippen molar-refractivity contribution >= 4 is 23.5 Å². The minimum atomic E-state index is -0.129. The molecule has 2 heterocycles. The Labute approximate surface area is 185 Å². The molecule has 1 N–H and O–H groups in total. The first-order valence-electron chi connectivity index (χ1n) is 10.1. The number of thioether (sulfide) groups is 1. The number of anilines is 1. The number of carbonyl (C=O) groups excluding carboxylic acids is 1. The summed E-state index contributed by atoms with van der Waals surface area (Å²) >= 11 is 1.37. The van der Waals surface area contributed by atoms with Crippen molar-refractivity contribution in [3.63, 3.8) is 0 Å². The zero-order chi connectivity index (χ0) is 21.8. The average Bonchev–Trinajstić information content (AvgIpc) is 3.37. The van der Waals surface area contributed by atoms with Gasteiger partial charge in [-0.25, -0.2) is 4.68 Å². The number of nitrogens with zero attached hydrogens (tertiary/aromatic N) is 5. The molecule has 0 radical (unpaired) electrons. The number of hydrogen-bond acceptors (Lipinski definition) is 5. The molecule has 0 aliphatic carbocycles. The second-order valence-electron chi connectivity index (χ2n) is 7.42. The topological polar surface area (TPSA) is 77.6 Å². The number of benzene rings is 2. The van der Waals surface area contributed by atoms with E-state index in [1.165, 1.54) is 11.8 Å². The lowest BCUT2D eigenvalue weighted by Gasteiger charge is -2.09. The molecule has 0 spiro atoms. The van der Waals surface area contributed by atoms with E-state index >= 15 is 0 Å². The van der Waals surface area contributed by atoms with Crippen molar-refractivity contribution in [2.75, 3.05) is 11.1 Å². The third-order valence-electron chi connectivity index (χ3n) is 4.76. The minimum absolute atomic E-state index is 0.129. The predicted octanol–water partition coefficient (Wildman–Crippen LogP) is 4.52. The molecule has 0 fully saturated rings. The van der Waals surface area contributed by atoms with Gasteiger partial charge in [-0.3, -0.25) is 4.79 Å². The van der Waals surface area contributed by atoms with Crippen molar-refractivity contribution in [3.8, 4) is 16.9 Å². The van der Waals surface area contributed by atoms with Gasteiger partial charge in [0.15, 0.2) is 5.16 Å². The monoisotopic (exact) mass is 432 g/mol. The summed E-state index contributed by atoms with van der Waals surface area (Å²) in [7, 11) is 1.92. The highest BCUT2D eigenvalue weighted by molar-refractivity contribution is 7.99. The first kappa shape index (κ1) is 20.9. The average molecular weight is 433 g/mol. The molecule has 4 aromatic rings. The first-order chi connectivity index (χ1) is 15.0. The molecule has 0 saturated heterocycles. The molecule has 1 amide bonds. The van der Waals surface area contributed by atoms with Crippen molar-refractivity contribution in [3.05, 3.63) is 72.6 Å². The largest absolute Gasteiger partial charge is 0.310 e. The van der Waals surface area contributed by atoms with Crippen LogP contribution in [0.25, 0.3) is 16.9 Å². The van der Waals surface area contributed by atoms with Gasteiger partial charge in [0.2, 0.25) is 5.91 Å². The van der Waals surface area contributed by atoms with E-state index in [-0.39, 0.29) is 17.6 Å². The van der Waals surface area contributed by atoms with Gasteiger partial charge < -0.3 is 9.88 Å². The van der Waals surface area contributed by atoms with Gasteiger partial charge in [0.05, 0.1) is 17.1 Å². The van der Waals surface area contributed by atoms with Gasteiger partial charge in [0.1, 0.15) is 11.6 Å². The van der Waals surface area contributed by atoms with E-state index in [9.17, 15) is 4.79 Å². The van der Waals surface area contributed by atoms with Gasteiger partial charge in [-0.2, -0.15) is 5.10 Å². The Balaban J connectivity index is 1.54. The summed E-state index contributed by atoms with van der Waals surface area (Å²) in [5, 5.41) is 16.9. The maximum atomic E-state index is 12.7. The summed E-state index contributed by atoms with van der Waals surface area (Å²) in [6.07, 6.45) is 0. The van der Waals surface area contributed by atoms with E-state index < -0.39 is 0 Å². The lowest BCUT2D eigenvalue weighted by Crippen LogP contribution is -2.17. The summed E-state index contributed by atoms with van der Waals surface area (Å²) in [6, 6.07) is 21.6. The van der Waals surface area contributed by atoms with Crippen LogP contribution in [-0.2, 0) is 11.8 Å². The number of nitrogens with one attached hydrogen (secondary N) is 1. The Kier molecular flexibility index (Phi) is 6.18. The van der Waals surface area contributed by atoms with Crippen LogP contribution in [-0.4, -0.2) is 36.2 Å². The van der Waals surface area contributed by atoms with Crippen molar-refractivity contribution in [1.82, 2.24) is 24.5 Å². The van der Waals surface area contributed by atoms with Crippen LogP contribution in [0.2, 0.25) is 0 Å². The molecule has 0 saturated carbocycles. The van der Waals surface area contributed by atoms with Crippen LogP contribution in [0.3, 0.4) is 0 Å². The van der Waals surface area contributed by atoms with E-state index in [0.29, 0.717) is 5.82 Å². The Morgan fingerprint density at radius 3 is 2.35 bits per heavy atom. The van der Waals surface area contributed by atoms with Crippen molar-refractivity contribution in [2.45, 2.75) is 24.9 Å². The summed E-state index contributed by atoms with van der Waals surface area (Å²) < 4.78 is 3.69. The molecule has 0 unspecified atom stereocenters. The number of hydrogen-bond donors (Lipinski definition) is 1. The molecule has 7 nitrogen and oxygen atoms in total. The minimum Gasteiger partial charge on any atom is -0.310 e. The van der Waals surface area contributed by atoms with Crippen LogP contribution in [0.4, 0.5) is 5.82 Å². The number of para-hydroxylation sites is 1. The van der Waals surface area contributed by atoms with E-state index in [2.05, 4.69) is 29.4 Å². The fourth-order valence-corrected chi connectivity index (χ4v) is 3.97. The van der Waals surface area contributed by atoms with Crippen LogP contribution < -0.4 is 5.32 Å². The van der Waals surface area contributed by atoms with Crippen LogP contribution >= 0.6 is 11.8 Å². The molecule has 31 heavy (non-hydrogen) atoms. The predicted molar refractivity (Wildman–Crippen MR) is 123 cm³/mol. The van der Waals surface area contributed by atoms with Crippen LogP contribution in [0.5, 0.6) is 0 Å². The van der Waals surface area contributed by atoms with Gasteiger partial charge in [0.25, 0.3) is 0 Å². The molecular formula is C23H24N6OS. The fraction of sp³-hybridized carbons (Fsp3) is 0.217. The molecular weight excluding hydrogens is 408 g/mol. The van der Waals surface area contributed by atoms with E-state index in [1.54, 1.807) is 4.68 Å². The highest BCUT2D eigenvalue weighted by Gasteiger charge is 2.16. The molecule has 2 aromatic heterocycles. The van der Waals surface area contributed by atoms with Crippen LogP contribution in [0.1, 0.15) is 25.6 Å². The lowest BCUT2D eigenvalue weighted by molar-refractivity contribution is -0.113. The highest BCUT2D eigenvalue weighted by Crippen LogP contribution is 2.25. The van der Waals surface area contributed by atoms with E-state index in [4.69, 9.17) is 5.10 Å². The first-order valence-corrected chi connectivity index (χ1v) is 11.0. The number of amides is 1. The van der Waals surface area contributed by atoms with Crippen molar-refractivity contribution in [1.29, 1.82) is 0 Å². The smallest absolute Gasteiger partial charge is 0.236 e. The summed E-state index contributed by atoms with van der Waals surface area (Å²) in [4.78, 5) is 12.7. The number of carbonyl (C=O) groups is 1. The molecule has 0 aliphatic rings. The Morgan fingerprint density at radius 1 is 1.03 bits per heavy atom. The molecule has 8 heteroatoms. The number of rotatable bonds is 7. The van der Waals surface area contributed by atoms with Gasteiger partial charge in [-0.1, -0.05) is 74.1 Å². The van der Waals surface area contributed by atoms with Gasteiger partial charge in [-0.05, 0) is 12.1 Å². The maximum absolute atomic E-state index is 12.7. The quantitative estimate of drug-likeness (QED) is 0.435. The maximum Gasteiger partial charge on any atom is 0.236 e. The molecule has 0 bridgehead atoms. The summed E-state index contributed by atoms with van der Waals surface area (Å²) in [5.41, 5.74) is 2.66. The molecule has 0 aliphatic heterocycles. The third kappa shape index (κ3) is 4.69. The Bertz CT molecular complexity index is 1170. The van der Waals surface area contributed by atoms with E-state index in [0.717, 1.165) is 27.9 Å². The molecule has 158 valence electrons. The second-order valence-corrected chi connectivity index (χ2v) is 8.36. The summed E-state index contributed by atoms with van der Waals surface area (Å²) in [6.45, 7) is 4.14. The Morgan fingerprint density at radius 2 is 1.71 bits per heavy atom. The van der Waals surface area contributed by atoms with Gasteiger partial charge in [-0.15, -0.1) is 10.2 Å². The second kappa shape index (κ2) is 9.18. The third-order valence-corrected chi connectivity index (χ3v) is 5.78. The Hall–Kier alpha value is -3.39. The van der Waals surface area contributed by atoms with E-state index in [1.807, 2.05) is 78.3 Å². The zero-order valence-corrected chi connectivity index (χ0v) is 18.5. The molecule has 2 aromatic carbocycles. The molecule has 4 rings (SSSR count). The normalized spacial score (nSPS) is 11.1. The van der Waals surface area contributed by atoms with Crippen molar-refractivity contribution < 1.29 is 4.79 Å². The highest BCUT2D eigenvalue weighted by atomic mass is 32.2. The SMILES string of the molecule is CC(C)c1nnc(SCC(=O)Nc2cc(-c3ccccc3)nn2-c2ccccc2)n1C.